The van der Waals surface area contributed by atoms with Crippen LogP contribution in [0.4, 0.5) is 5.00 Å². The summed E-state index contributed by atoms with van der Waals surface area (Å²) in [7, 11) is 0. The first-order valence-electron chi connectivity index (χ1n) is 4.86. The summed E-state index contributed by atoms with van der Waals surface area (Å²) >= 11 is 13.0. The number of nitriles is 1. The summed E-state index contributed by atoms with van der Waals surface area (Å²) in [6, 6.07) is 8.28. The van der Waals surface area contributed by atoms with Gasteiger partial charge in [-0.1, -0.05) is 23.2 Å². The van der Waals surface area contributed by atoms with E-state index in [1.54, 1.807) is 23.6 Å². The molecule has 1 heterocycles. The molecule has 0 spiro atoms. The molecule has 2 rings (SSSR count). The Morgan fingerprint density at radius 2 is 2.11 bits per heavy atom. The van der Waals surface area contributed by atoms with E-state index in [4.69, 9.17) is 28.5 Å². The number of hydrogen-bond donors (Lipinski definition) is 1. The van der Waals surface area contributed by atoms with Crippen molar-refractivity contribution in [3.05, 3.63) is 50.8 Å². The van der Waals surface area contributed by atoms with Gasteiger partial charge in [-0.05, 0) is 29.6 Å². The first kappa shape index (κ1) is 12.9. The molecule has 0 aliphatic heterocycles. The lowest BCUT2D eigenvalue weighted by atomic mass is 10.2. The molecular formula is C12H6Cl2N2OS. The maximum atomic E-state index is 12.0. The van der Waals surface area contributed by atoms with Crippen molar-refractivity contribution in [1.29, 1.82) is 5.26 Å². The summed E-state index contributed by atoms with van der Waals surface area (Å²) in [5, 5.41) is 14.5. The molecule has 0 atom stereocenters. The molecule has 0 saturated carbocycles. The normalized spacial score (nSPS) is 9.83. The van der Waals surface area contributed by atoms with E-state index in [9.17, 15) is 4.79 Å². The van der Waals surface area contributed by atoms with Crippen molar-refractivity contribution in [3.8, 4) is 6.07 Å². The van der Waals surface area contributed by atoms with Gasteiger partial charge in [0.25, 0.3) is 5.91 Å². The highest BCUT2D eigenvalue weighted by molar-refractivity contribution is 7.14. The molecule has 1 aromatic carbocycles. The van der Waals surface area contributed by atoms with Crippen LogP contribution >= 0.6 is 34.5 Å². The van der Waals surface area contributed by atoms with Gasteiger partial charge in [-0.2, -0.15) is 5.26 Å². The fourth-order valence-electron chi connectivity index (χ4n) is 1.34. The molecule has 90 valence electrons. The number of amides is 1. The SMILES string of the molecule is N#Cc1ccsc1NC(=O)c1cc(Cl)ccc1Cl. The molecule has 1 N–H and O–H groups in total. The second kappa shape index (κ2) is 5.40. The highest BCUT2D eigenvalue weighted by Crippen LogP contribution is 2.25. The Morgan fingerprint density at radius 3 is 2.83 bits per heavy atom. The molecule has 0 radical (unpaired) electrons. The highest BCUT2D eigenvalue weighted by Gasteiger charge is 2.13. The molecule has 1 amide bonds. The van der Waals surface area contributed by atoms with Crippen LogP contribution in [0.2, 0.25) is 10.0 Å². The zero-order valence-corrected chi connectivity index (χ0v) is 11.2. The fourth-order valence-corrected chi connectivity index (χ4v) is 2.44. The summed E-state index contributed by atoms with van der Waals surface area (Å²) in [4.78, 5) is 12.0. The van der Waals surface area contributed by atoms with Gasteiger partial charge >= 0.3 is 0 Å². The van der Waals surface area contributed by atoms with Crippen LogP contribution in [0.15, 0.2) is 29.6 Å². The Morgan fingerprint density at radius 1 is 1.33 bits per heavy atom. The summed E-state index contributed by atoms with van der Waals surface area (Å²) in [5.74, 6) is -0.388. The second-order valence-corrected chi connectivity index (χ2v) is 5.11. The lowest BCUT2D eigenvalue weighted by Gasteiger charge is -2.05. The number of thiophene rings is 1. The van der Waals surface area contributed by atoms with E-state index in [1.165, 1.54) is 17.4 Å². The third-order valence-electron chi connectivity index (χ3n) is 2.19. The minimum Gasteiger partial charge on any atom is -0.312 e. The number of nitrogens with zero attached hydrogens (tertiary/aromatic N) is 1. The van der Waals surface area contributed by atoms with E-state index in [-0.39, 0.29) is 11.5 Å². The Bertz CT molecular complexity index is 646. The summed E-state index contributed by atoms with van der Waals surface area (Å²) in [6.45, 7) is 0. The van der Waals surface area contributed by atoms with Gasteiger partial charge in [0, 0.05) is 5.02 Å². The molecule has 6 heteroatoms. The lowest BCUT2D eigenvalue weighted by molar-refractivity contribution is 0.102. The molecule has 0 aliphatic carbocycles. The second-order valence-electron chi connectivity index (χ2n) is 3.35. The molecule has 0 fully saturated rings. The van der Waals surface area contributed by atoms with Crippen LogP contribution in [0.1, 0.15) is 15.9 Å². The molecule has 18 heavy (non-hydrogen) atoms. The zero-order valence-electron chi connectivity index (χ0n) is 8.91. The Balaban J connectivity index is 2.28. The summed E-state index contributed by atoms with van der Waals surface area (Å²) in [5.41, 5.74) is 0.702. The number of halogens is 2. The van der Waals surface area contributed by atoms with Gasteiger partial charge in [0.1, 0.15) is 11.1 Å². The standard InChI is InChI=1S/C12H6Cl2N2OS/c13-8-1-2-10(14)9(5-8)11(17)16-12-7(6-15)3-4-18-12/h1-5H,(H,16,17). The van der Waals surface area contributed by atoms with Crippen LogP contribution in [-0.4, -0.2) is 5.91 Å². The molecule has 0 aliphatic rings. The third kappa shape index (κ3) is 2.65. The van der Waals surface area contributed by atoms with Crippen LogP contribution in [0, 0.1) is 11.3 Å². The number of rotatable bonds is 2. The number of hydrogen-bond acceptors (Lipinski definition) is 3. The maximum absolute atomic E-state index is 12.0. The van der Waals surface area contributed by atoms with E-state index in [0.29, 0.717) is 20.6 Å². The number of carbonyl (C=O) groups is 1. The van der Waals surface area contributed by atoms with E-state index in [2.05, 4.69) is 5.32 Å². The number of benzene rings is 1. The van der Waals surface area contributed by atoms with Crippen LogP contribution in [-0.2, 0) is 0 Å². The van der Waals surface area contributed by atoms with Gasteiger partial charge in [0.15, 0.2) is 0 Å². The van der Waals surface area contributed by atoms with Crippen molar-refractivity contribution >= 4 is 45.4 Å². The number of anilines is 1. The van der Waals surface area contributed by atoms with Crippen LogP contribution in [0.25, 0.3) is 0 Å². The van der Waals surface area contributed by atoms with E-state index in [1.807, 2.05) is 6.07 Å². The van der Waals surface area contributed by atoms with Crippen molar-refractivity contribution in [1.82, 2.24) is 0 Å². The first-order chi connectivity index (χ1) is 8.61. The van der Waals surface area contributed by atoms with E-state index >= 15 is 0 Å². The minimum atomic E-state index is -0.388. The van der Waals surface area contributed by atoms with Gasteiger partial charge < -0.3 is 5.32 Å². The third-order valence-corrected chi connectivity index (χ3v) is 3.58. The molecule has 3 nitrogen and oxygen atoms in total. The summed E-state index contributed by atoms with van der Waals surface area (Å²) < 4.78 is 0. The lowest BCUT2D eigenvalue weighted by Crippen LogP contribution is -2.12. The van der Waals surface area contributed by atoms with Crippen molar-refractivity contribution in [2.24, 2.45) is 0 Å². The predicted octanol–water partition coefficient (Wildman–Crippen LogP) is 4.18. The molecule has 0 bridgehead atoms. The van der Waals surface area contributed by atoms with Crippen molar-refractivity contribution in [2.75, 3.05) is 5.32 Å². The summed E-state index contributed by atoms with van der Waals surface area (Å²) in [6.07, 6.45) is 0. The van der Waals surface area contributed by atoms with Crippen LogP contribution in [0.5, 0.6) is 0 Å². The number of nitrogens with one attached hydrogen (secondary N) is 1. The average molecular weight is 297 g/mol. The number of carbonyl (C=O) groups excluding carboxylic acids is 1. The zero-order chi connectivity index (χ0) is 13.1. The Labute approximate surface area is 118 Å². The van der Waals surface area contributed by atoms with E-state index < -0.39 is 0 Å². The fraction of sp³-hybridized carbons (Fsp3) is 0. The van der Waals surface area contributed by atoms with Crippen molar-refractivity contribution < 1.29 is 4.79 Å². The molecule has 2 aromatic rings. The van der Waals surface area contributed by atoms with Gasteiger partial charge in [-0.25, -0.2) is 0 Å². The predicted molar refractivity (Wildman–Crippen MR) is 73.4 cm³/mol. The quantitative estimate of drug-likeness (QED) is 0.904. The molecule has 0 saturated heterocycles. The monoisotopic (exact) mass is 296 g/mol. The van der Waals surface area contributed by atoms with Gasteiger partial charge in [-0.15, -0.1) is 11.3 Å². The molecular weight excluding hydrogens is 291 g/mol. The Kier molecular flexibility index (Phi) is 3.87. The minimum absolute atomic E-state index is 0.279. The molecule has 1 aromatic heterocycles. The largest absolute Gasteiger partial charge is 0.312 e. The first-order valence-corrected chi connectivity index (χ1v) is 6.49. The topological polar surface area (TPSA) is 52.9 Å². The van der Waals surface area contributed by atoms with Crippen LogP contribution < -0.4 is 5.32 Å². The smallest absolute Gasteiger partial charge is 0.257 e. The average Bonchev–Trinajstić information content (AvgIpc) is 2.79. The van der Waals surface area contributed by atoms with Gasteiger partial charge in [0.05, 0.1) is 16.1 Å². The van der Waals surface area contributed by atoms with Gasteiger partial charge in [0.2, 0.25) is 0 Å². The van der Waals surface area contributed by atoms with E-state index in [0.717, 1.165) is 0 Å². The maximum Gasteiger partial charge on any atom is 0.257 e. The Hall–Kier alpha value is -1.54. The van der Waals surface area contributed by atoms with Crippen molar-refractivity contribution in [2.45, 2.75) is 0 Å². The van der Waals surface area contributed by atoms with Gasteiger partial charge in [-0.3, -0.25) is 4.79 Å². The van der Waals surface area contributed by atoms with Crippen LogP contribution in [0.3, 0.4) is 0 Å². The van der Waals surface area contributed by atoms with Crippen molar-refractivity contribution in [3.63, 3.8) is 0 Å². The molecule has 0 unspecified atom stereocenters. The highest BCUT2D eigenvalue weighted by atomic mass is 35.5.